The summed E-state index contributed by atoms with van der Waals surface area (Å²) in [5.41, 5.74) is -0.142. The van der Waals surface area contributed by atoms with Crippen molar-refractivity contribution in [2.75, 3.05) is 19.4 Å². The largest absolute Gasteiger partial charge is 0.380 e. The van der Waals surface area contributed by atoms with Gasteiger partial charge in [-0.3, -0.25) is 0 Å². The third-order valence-electron chi connectivity index (χ3n) is 4.15. The van der Waals surface area contributed by atoms with Crippen LogP contribution in [0.1, 0.15) is 34.6 Å². The first-order valence-corrected chi connectivity index (χ1v) is 9.23. The van der Waals surface area contributed by atoms with E-state index >= 15 is 0 Å². The fraction of sp³-hybridized carbons (Fsp3) is 0.929. The van der Waals surface area contributed by atoms with Crippen molar-refractivity contribution in [1.82, 2.24) is 15.4 Å². The molecule has 1 rings (SSSR count). The molecule has 7 nitrogen and oxygen atoms in total. The maximum atomic E-state index is 11.9. The minimum atomic E-state index is -3.36. The molecule has 0 radical (unpaired) electrons. The fourth-order valence-electron chi connectivity index (χ4n) is 3.33. The van der Waals surface area contributed by atoms with Gasteiger partial charge < -0.3 is 15.4 Å². The molecule has 0 aromatic rings. The highest BCUT2D eigenvalue weighted by molar-refractivity contribution is 7.89. The van der Waals surface area contributed by atoms with Crippen LogP contribution >= 0.6 is 0 Å². The lowest BCUT2D eigenvalue weighted by Gasteiger charge is -2.56. The number of carbonyl (C=O) groups excluding carboxylic acids is 1. The second-order valence-electron chi connectivity index (χ2n) is 6.81. The molecule has 0 saturated heterocycles. The number of amides is 2. The molecule has 3 N–H and O–H groups in total. The molecule has 0 bridgehead atoms. The van der Waals surface area contributed by atoms with Crippen LogP contribution in [0.2, 0.25) is 0 Å². The first-order chi connectivity index (χ1) is 10.0. The highest BCUT2D eigenvalue weighted by atomic mass is 32.2. The summed E-state index contributed by atoms with van der Waals surface area (Å²) in [6.07, 6.45) is 0.105. The maximum Gasteiger partial charge on any atom is 0.315 e. The number of rotatable bonds is 7. The van der Waals surface area contributed by atoms with E-state index in [0.717, 1.165) is 0 Å². The molecule has 22 heavy (non-hydrogen) atoms. The van der Waals surface area contributed by atoms with Gasteiger partial charge in [-0.2, -0.15) is 0 Å². The SMILES string of the molecule is CO[C@@H]1[C@H](C)[C@H](NC(=O)NCCS(=O)(=O)NC(C)C)C1(C)C. The summed E-state index contributed by atoms with van der Waals surface area (Å²) in [4.78, 5) is 11.9. The van der Waals surface area contributed by atoms with Crippen LogP contribution in [0.5, 0.6) is 0 Å². The number of sulfonamides is 1. The van der Waals surface area contributed by atoms with E-state index in [9.17, 15) is 13.2 Å². The van der Waals surface area contributed by atoms with Gasteiger partial charge in [-0.1, -0.05) is 20.8 Å². The Bertz CT molecular complexity index is 490. The second kappa shape index (κ2) is 7.14. The predicted octanol–water partition coefficient (Wildman–Crippen LogP) is 0.673. The molecule has 0 aromatic heterocycles. The van der Waals surface area contributed by atoms with Crippen molar-refractivity contribution in [1.29, 1.82) is 0 Å². The molecule has 130 valence electrons. The van der Waals surface area contributed by atoms with Gasteiger partial charge in [0, 0.05) is 37.1 Å². The van der Waals surface area contributed by atoms with Gasteiger partial charge in [0.25, 0.3) is 0 Å². The van der Waals surface area contributed by atoms with Gasteiger partial charge >= 0.3 is 6.03 Å². The van der Waals surface area contributed by atoms with E-state index in [1.165, 1.54) is 0 Å². The van der Waals surface area contributed by atoms with Crippen LogP contribution in [-0.4, -0.2) is 52.0 Å². The Labute approximate surface area is 133 Å². The quantitative estimate of drug-likeness (QED) is 0.637. The van der Waals surface area contributed by atoms with E-state index in [4.69, 9.17) is 4.74 Å². The molecule has 3 atom stereocenters. The zero-order valence-electron chi connectivity index (χ0n) is 14.3. The van der Waals surface area contributed by atoms with Crippen molar-refractivity contribution in [3.63, 3.8) is 0 Å². The number of carbonyl (C=O) groups is 1. The van der Waals surface area contributed by atoms with Crippen LogP contribution in [0.15, 0.2) is 0 Å². The highest BCUT2D eigenvalue weighted by Crippen LogP contribution is 2.46. The standard InChI is InChI=1S/C14H29N3O4S/c1-9(2)17-22(19,20)8-7-15-13(18)16-11-10(3)12(21-6)14(11,4)5/h9-12,17H,7-8H2,1-6H3,(H2,15,16,18)/t10-,11+,12-/m1/s1. The third kappa shape index (κ3) is 4.57. The van der Waals surface area contributed by atoms with Crippen LogP contribution < -0.4 is 15.4 Å². The van der Waals surface area contributed by atoms with Gasteiger partial charge in [-0.15, -0.1) is 0 Å². The molecule has 1 saturated carbocycles. The van der Waals surface area contributed by atoms with Gasteiger partial charge in [0.15, 0.2) is 0 Å². The van der Waals surface area contributed by atoms with Crippen molar-refractivity contribution in [3.05, 3.63) is 0 Å². The van der Waals surface area contributed by atoms with Crippen LogP contribution in [0.3, 0.4) is 0 Å². The van der Waals surface area contributed by atoms with E-state index in [1.54, 1.807) is 21.0 Å². The normalized spacial score (nSPS) is 27.3. The number of urea groups is 1. The minimum absolute atomic E-state index is 0.00264. The maximum absolute atomic E-state index is 11.9. The van der Waals surface area contributed by atoms with Gasteiger partial charge in [-0.05, 0) is 13.8 Å². The van der Waals surface area contributed by atoms with Crippen LogP contribution in [0.25, 0.3) is 0 Å². The van der Waals surface area contributed by atoms with E-state index in [0.29, 0.717) is 0 Å². The number of methoxy groups -OCH3 is 1. The molecule has 0 aromatic carbocycles. The predicted molar refractivity (Wildman–Crippen MR) is 86.1 cm³/mol. The topological polar surface area (TPSA) is 96.5 Å². The minimum Gasteiger partial charge on any atom is -0.380 e. The Morgan fingerprint density at radius 1 is 1.32 bits per heavy atom. The number of nitrogens with one attached hydrogen (secondary N) is 3. The van der Waals surface area contributed by atoms with E-state index < -0.39 is 10.0 Å². The van der Waals surface area contributed by atoms with Gasteiger partial charge in [0.1, 0.15) is 0 Å². The molecule has 0 aliphatic heterocycles. The van der Waals surface area contributed by atoms with E-state index in [-0.39, 0.29) is 47.8 Å². The average molecular weight is 335 g/mol. The van der Waals surface area contributed by atoms with Gasteiger partial charge in [0.05, 0.1) is 11.9 Å². The van der Waals surface area contributed by atoms with Gasteiger partial charge in [0.2, 0.25) is 10.0 Å². The average Bonchev–Trinajstić information content (AvgIpc) is 2.34. The smallest absolute Gasteiger partial charge is 0.315 e. The van der Waals surface area contributed by atoms with Crippen LogP contribution in [-0.2, 0) is 14.8 Å². The number of hydrogen-bond acceptors (Lipinski definition) is 4. The molecule has 8 heteroatoms. The summed E-state index contributed by atoms with van der Waals surface area (Å²) in [5, 5.41) is 5.49. The summed E-state index contributed by atoms with van der Waals surface area (Å²) in [6.45, 7) is 9.70. The third-order valence-corrected chi connectivity index (χ3v) is 5.72. The van der Waals surface area contributed by atoms with Crippen molar-refractivity contribution in [3.8, 4) is 0 Å². The Hall–Kier alpha value is -0.860. The molecule has 2 amide bonds. The molecular weight excluding hydrogens is 306 g/mol. The first kappa shape index (κ1) is 19.2. The monoisotopic (exact) mass is 335 g/mol. The van der Waals surface area contributed by atoms with Crippen molar-refractivity contribution in [2.24, 2.45) is 11.3 Å². The van der Waals surface area contributed by atoms with Gasteiger partial charge in [-0.25, -0.2) is 17.9 Å². The van der Waals surface area contributed by atoms with Crippen molar-refractivity contribution >= 4 is 16.1 Å². The molecule has 0 spiro atoms. The summed E-state index contributed by atoms with van der Waals surface area (Å²) >= 11 is 0. The molecular formula is C14H29N3O4S. The zero-order valence-corrected chi connectivity index (χ0v) is 15.1. The Morgan fingerprint density at radius 2 is 1.91 bits per heavy atom. The molecule has 0 heterocycles. The Morgan fingerprint density at radius 3 is 2.36 bits per heavy atom. The first-order valence-electron chi connectivity index (χ1n) is 7.58. The molecule has 1 aliphatic rings. The summed E-state index contributed by atoms with van der Waals surface area (Å²) in [7, 11) is -1.68. The highest BCUT2D eigenvalue weighted by Gasteiger charge is 2.55. The van der Waals surface area contributed by atoms with Crippen molar-refractivity contribution < 1.29 is 17.9 Å². The summed E-state index contributed by atoms with van der Waals surface area (Å²) < 4.78 is 31.2. The van der Waals surface area contributed by atoms with Crippen molar-refractivity contribution in [2.45, 2.75) is 52.8 Å². The Kier molecular flexibility index (Phi) is 6.23. The lowest BCUT2D eigenvalue weighted by molar-refractivity contribution is -0.140. The fourth-order valence-corrected chi connectivity index (χ4v) is 4.54. The van der Waals surface area contributed by atoms with E-state index in [1.807, 2.05) is 20.8 Å². The molecule has 1 fully saturated rings. The van der Waals surface area contributed by atoms with Crippen LogP contribution in [0.4, 0.5) is 4.79 Å². The number of hydrogen-bond donors (Lipinski definition) is 3. The molecule has 1 aliphatic carbocycles. The zero-order chi connectivity index (χ0) is 17.1. The van der Waals surface area contributed by atoms with E-state index in [2.05, 4.69) is 15.4 Å². The lowest BCUT2D eigenvalue weighted by Crippen LogP contribution is -2.68. The molecule has 0 unspecified atom stereocenters. The number of ether oxygens (including phenoxy) is 1. The summed E-state index contributed by atoms with van der Waals surface area (Å²) in [6, 6.07) is -0.497. The summed E-state index contributed by atoms with van der Waals surface area (Å²) in [5.74, 6) is 0.0835. The lowest BCUT2D eigenvalue weighted by atomic mass is 9.58. The Balaban J connectivity index is 2.39. The van der Waals surface area contributed by atoms with Crippen LogP contribution in [0, 0.1) is 11.3 Å². The second-order valence-corrected chi connectivity index (χ2v) is 8.68.